The third kappa shape index (κ3) is 6.02. The Bertz CT molecular complexity index is 3200. The number of nitrogens with zero attached hydrogens (tertiary/aromatic N) is 5. The number of pyridine rings is 3. The van der Waals surface area contributed by atoms with E-state index in [9.17, 15) is 0 Å². The second-order valence-electron chi connectivity index (χ2n) is 15.5. The number of halogens is 1. The number of benzene rings is 6. The molecule has 0 fully saturated rings. The summed E-state index contributed by atoms with van der Waals surface area (Å²) in [6.07, 6.45) is 7.11. The number of para-hydroxylation sites is 2. The van der Waals surface area contributed by atoms with Gasteiger partial charge in [0, 0.05) is 23.2 Å². The van der Waals surface area contributed by atoms with Crippen LogP contribution < -0.4 is 30.5 Å². The predicted octanol–water partition coefficient (Wildman–Crippen LogP) is 9.93. The van der Waals surface area contributed by atoms with Gasteiger partial charge in [-0.25, -0.2) is 0 Å². The van der Waals surface area contributed by atoms with Crippen molar-refractivity contribution in [1.82, 2.24) is 19.1 Å². The van der Waals surface area contributed by atoms with Crippen LogP contribution in [0.4, 0.5) is 0 Å². The van der Waals surface area contributed by atoms with Crippen molar-refractivity contribution in [2.75, 3.05) is 0 Å². The molecule has 5 aromatic heterocycles. The summed E-state index contributed by atoms with van der Waals surface area (Å²) >= 11 is -0.183. The third-order valence-corrected chi connectivity index (χ3v) is 15.7. The summed E-state index contributed by atoms with van der Waals surface area (Å²) in [4.78, 5) is 9.51. The average molecular weight is 900 g/mol. The van der Waals surface area contributed by atoms with Gasteiger partial charge < -0.3 is 9.13 Å². The van der Waals surface area contributed by atoms with Crippen LogP contribution in [0.25, 0.3) is 88.8 Å². The van der Waals surface area contributed by atoms with E-state index in [1.807, 2.05) is 24.5 Å². The Labute approximate surface area is 363 Å². The molecule has 1 aliphatic rings. The first kappa shape index (κ1) is 35.8. The molecule has 0 amide bonds. The van der Waals surface area contributed by atoms with Crippen LogP contribution in [0, 0.1) is 3.57 Å². The van der Waals surface area contributed by atoms with Crippen molar-refractivity contribution in [3.8, 4) is 56.4 Å². The van der Waals surface area contributed by atoms with E-state index in [0.717, 1.165) is 95.4 Å². The van der Waals surface area contributed by atoms with E-state index in [1.165, 1.54) is 14.8 Å². The standard InChI is InChI=1S/C54H38IN5O/c1-2-52-55-46-27-26-41(34-45(46)47-13-7-8-30-58(47)52)61-42-32-37(35-18-22-39(23-19-35)59-48-14-5-3-11-43(48)53-50(59)16-9-28-56-53)31-38(33-42)36-20-24-40(25-21-36)60-49-15-6-4-12-44(49)54-51(60)17-10-29-57-54/h3-34,52H,2H2,1H3/t52-/m1/s1. The molecule has 11 aromatic rings. The molecule has 61 heavy (non-hydrogen) atoms. The van der Waals surface area contributed by atoms with Crippen molar-refractivity contribution < 1.29 is 30.5 Å². The summed E-state index contributed by atoms with van der Waals surface area (Å²) < 4.78 is 16.0. The molecule has 6 aromatic carbocycles. The molecular weight excluding hydrogens is 862 g/mol. The van der Waals surface area contributed by atoms with Gasteiger partial charge in [0.2, 0.25) is 0 Å². The maximum absolute atomic E-state index is 6.88. The first-order chi connectivity index (χ1) is 30.2. The van der Waals surface area contributed by atoms with Crippen LogP contribution in [-0.2, 0) is 0 Å². The molecule has 0 saturated heterocycles. The number of rotatable bonds is 7. The Morgan fingerprint density at radius 3 is 1.67 bits per heavy atom. The van der Waals surface area contributed by atoms with Crippen LogP contribution in [0.2, 0.25) is 0 Å². The Morgan fingerprint density at radius 2 is 1.08 bits per heavy atom. The molecule has 292 valence electrons. The first-order valence-electron chi connectivity index (χ1n) is 20.7. The quantitative estimate of drug-likeness (QED) is 0.0910. The number of hydrogen-bond donors (Lipinski definition) is 0. The molecule has 1 aliphatic heterocycles. The number of alkyl halides is 1. The molecule has 12 rings (SSSR count). The van der Waals surface area contributed by atoms with E-state index >= 15 is 0 Å². The fourth-order valence-corrected chi connectivity index (χ4v) is 12.3. The maximum atomic E-state index is 6.88. The molecule has 0 spiro atoms. The fourth-order valence-electron chi connectivity index (χ4n) is 9.11. The average Bonchev–Trinajstić information content (AvgIpc) is 3.84. The molecule has 0 unspecified atom stereocenters. The second-order valence-corrected chi connectivity index (χ2v) is 18.7. The Balaban J connectivity index is 0.956. The van der Waals surface area contributed by atoms with Crippen molar-refractivity contribution in [3.63, 3.8) is 0 Å². The van der Waals surface area contributed by atoms with Gasteiger partial charge in [-0.2, -0.15) is 0 Å². The zero-order chi connectivity index (χ0) is 40.4. The van der Waals surface area contributed by atoms with E-state index in [-0.39, 0.29) is 21.2 Å². The normalized spacial score (nSPS) is 13.6. The Kier molecular flexibility index (Phi) is 8.55. The van der Waals surface area contributed by atoms with Crippen LogP contribution in [0.1, 0.15) is 17.4 Å². The van der Waals surface area contributed by atoms with Gasteiger partial charge in [0.15, 0.2) is 0 Å². The Morgan fingerprint density at radius 1 is 0.525 bits per heavy atom. The number of fused-ring (bicyclic) bond motifs is 9. The monoisotopic (exact) mass is 899 g/mol. The fraction of sp³-hybridized carbons (Fsp3) is 0.0556. The van der Waals surface area contributed by atoms with E-state index < -0.39 is 0 Å². The molecule has 0 saturated carbocycles. The first-order valence-corrected chi connectivity index (χ1v) is 23.0. The molecule has 6 nitrogen and oxygen atoms in total. The minimum atomic E-state index is -0.183. The van der Waals surface area contributed by atoms with Gasteiger partial charge in [0.1, 0.15) is 0 Å². The number of hydrogen-bond acceptors (Lipinski definition) is 3. The number of ether oxygens (including phenoxy) is 1. The van der Waals surface area contributed by atoms with Crippen molar-refractivity contribution in [1.29, 1.82) is 0 Å². The van der Waals surface area contributed by atoms with Crippen LogP contribution >= 0.6 is 0 Å². The van der Waals surface area contributed by atoms with Crippen molar-refractivity contribution in [3.05, 3.63) is 198 Å². The molecular formula is C54H38IN5O. The van der Waals surface area contributed by atoms with E-state index in [4.69, 9.17) is 14.7 Å². The summed E-state index contributed by atoms with van der Waals surface area (Å²) in [6, 6.07) is 62.9. The Hall–Kier alpha value is -7.10. The van der Waals surface area contributed by atoms with Gasteiger partial charge in [-0.3, -0.25) is 9.97 Å². The predicted molar refractivity (Wildman–Crippen MR) is 242 cm³/mol. The summed E-state index contributed by atoms with van der Waals surface area (Å²) in [6.45, 7) is 2.30. The topological polar surface area (TPSA) is 48.8 Å². The number of aromatic nitrogens is 5. The summed E-state index contributed by atoms with van der Waals surface area (Å²) in [5, 5.41) is 2.29. The molecule has 0 bridgehead atoms. The van der Waals surface area contributed by atoms with Gasteiger partial charge in [-0.1, -0.05) is 36.4 Å². The molecule has 6 heterocycles. The SMILES string of the molecule is CC[C@@H]1[I-]c2ccc(Oc3cc(-c4ccc(-n5c6ccccc6c6ncccc65)cc4)cc(-c4ccc(-n5c6ccccc6c6ncccc65)cc4)c3)cc2-c2cccc[n+]21. The van der Waals surface area contributed by atoms with Crippen LogP contribution in [0.5, 0.6) is 11.5 Å². The van der Waals surface area contributed by atoms with Crippen molar-refractivity contribution in [2.45, 2.75) is 17.4 Å². The van der Waals surface area contributed by atoms with Gasteiger partial charge in [0.25, 0.3) is 0 Å². The van der Waals surface area contributed by atoms with E-state index in [1.54, 1.807) is 0 Å². The zero-order valence-electron chi connectivity index (χ0n) is 33.3. The molecule has 1 atom stereocenters. The van der Waals surface area contributed by atoms with Crippen LogP contribution in [0.15, 0.2) is 195 Å². The third-order valence-electron chi connectivity index (χ3n) is 11.9. The molecule has 0 aliphatic carbocycles. The summed E-state index contributed by atoms with van der Waals surface area (Å²) in [5.74, 6) is 1.63. The van der Waals surface area contributed by atoms with Crippen LogP contribution in [-0.4, -0.2) is 19.1 Å². The van der Waals surface area contributed by atoms with E-state index in [0.29, 0.717) is 4.05 Å². The summed E-state index contributed by atoms with van der Waals surface area (Å²) in [7, 11) is 0. The molecule has 0 radical (unpaired) electrons. The molecule has 0 N–H and O–H groups in total. The minimum absolute atomic E-state index is 0.183. The van der Waals surface area contributed by atoms with Gasteiger partial charge in [-0.05, 0) is 36.4 Å². The van der Waals surface area contributed by atoms with Crippen molar-refractivity contribution >= 4 is 43.9 Å². The summed E-state index contributed by atoms with van der Waals surface area (Å²) in [5.41, 5.74) is 15.6. The van der Waals surface area contributed by atoms with Gasteiger partial charge in [0.05, 0.1) is 33.1 Å². The van der Waals surface area contributed by atoms with Gasteiger partial charge >= 0.3 is 217 Å². The van der Waals surface area contributed by atoms with Gasteiger partial charge in [-0.15, -0.1) is 0 Å². The zero-order valence-corrected chi connectivity index (χ0v) is 35.4. The van der Waals surface area contributed by atoms with Crippen LogP contribution in [0.3, 0.4) is 0 Å². The van der Waals surface area contributed by atoms with E-state index in [2.05, 4.69) is 191 Å². The second kappa shape index (κ2) is 14.6. The van der Waals surface area contributed by atoms with Crippen molar-refractivity contribution in [2.24, 2.45) is 0 Å². The molecule has 7 heteroatoms.